The van der Waals surface area contributed by atoms with Crippen LogP contribution >= 0.6 is 0 Å². The van der Waals surface area contributed by atoms with E-state index in [2.05, 4.69) is 93.3 Å². The fourth-order valence-electron chi connectivity index (χ4n) is 5.42. The van der Waals surface area contributed by atoms with Crippen molar-refractivity contribution in [1.82, 2.24) is 0 Å². The predicted molar refractivity (Wildman–Crippen MR) is 134 cm³/mol. The van der Waals surface area contributed by atoms with Gasteiger partial charge in [0, 0.05) is 0 Å². The number of hydrogen-bond acceptors (Lipinski definition) is 4. The first-order chi connectivity index (χ1) is 14.1. The normalized spacial score (nSPS) is 13.5. The molecule has 0 aromatic rings. The zero-order valence-corrected chi connectivity index (χ0v) is 24.1. The van der Waals surface area contributed by atoms with Gasteiger partial charge in [-0.1, -0.05) is 93.3 Å². The average molecular weight is 473 g/mol. The number of azo groups is 1. The van der Waals surface area contributed by atoms with Gasteiger partial charge in [0.15, 0.2) is 0 Å². The summed E-state index contributed by atoms with van der Waals surface area (Å²) in [4.78, 5) is 25.2. The van der Waals surface area contributed by atoms with Crippen LogP contribution in [0.4, 0.5) is 9.59 Å². The van der Waals surface area contributed by atoms with Crippen molar-refractivity contribution in [2.75, 3.05) is 0 Å². The molecule has 0 aliphatic carbocycles. The van der Waals surface area contributed by atoms with E-state index in [-0.39, 0.29) is 16.6 Å². The Labute approximate surface area is 193 Å². The van der Waals surface area contributed by atoms with E-state index in [1.54, 1.807) is 0 Å². The molecule has 0 N–H and O–H groups in total. The van der Waals surface area contributed by atoms with Gasteiger partial charge in [-0.15, -0.1) is 0 Å². The summed E-state index contributed by atoms with van der Waals surface area (Å²) >= 11 is 0. The summed E-state index contributed by atoms with van der Waals surface area (Å²) in [5.41, 5.74) is 0.713. The Balaban J connectivity index is 5.57. The molecule has 2 amide bonds. The number of hydrogen-bond donors (Lipinski definition) is 0. The van der Waals surface area contributed by atoms with Crippen LogP contribution in [0.15, 0.2) is 10.2 Å². The smallest absolute Gasteiger partial charge is 0.439 e. The van der Waals surface area contributed by atoms with E-state index >= 15 is 0 Å². The van der Waals surface area contributed by atoms with Crippen LogP contribution in [0.25, 0.3) is 0 Å². The van der Waals surface area contributed by atoms with Crippen molar-refractivity contribution in [1.29, 1.82) is 0 Å². The van der Waals surface area contributed by atoms with E-state index in [9.17, 15) is 9.59 Å². The second-order valence-corrected chi connectivity index (χ2v) is 20.4. The minimum atomic E-state index is -2.42. The third-order valence-electron chi connectivity index (χ3n) is 5.83. The molecule has 0 aromatic heterocycles. The molecule has 0 fully saturated rings. The Hall–Kier alpha value is -1.03. The highest BCUT2D eigenvalue weighted by Gasteiger charge is 2.48. The highest BCUT2D eigenvalue weighted by molar-refractivity contribution is 6.79. The monoisotopic (exact) mass is 472 g/mol. The van der Waals surface area contributed by atoms with Crippen LogP contribution in [0, 0.1) is 17.8 Å². The molecule has 31 heavy (non-hydrogen) atoms. The van der Waals surface area contributed by atoms with Gasteiger partial charge in [-0.25, -0.2) is 9.59 Å². The third-order valence-corrected chi connectivity index (χ3v) is 17.1. The highest BCUT2D eigenvalue weighted by Crippen LogP contribution is 2.42. The Morgan fingerprint density at radius 1 is 0.581 bits per heavy atom. The Bertz CT molecular complexity index is 554. The number of nitrogens with zero attached hydrogens (tertiary/aromatic N) is 2. The van der Waals surface area contributed by atoms with E-state index in [4.69, 9.17) is 8.85 Å². The van der Waals surface area contributed by atoms with Gasteiger partial charge >= 0.3 is 12.2 Å². The van der Waals surface area contributed by atoms with Gasteiger partial charge in [-0.2, -0.15) is 0 Å². The van der Waals surface area contributed by atoms with E-state index in [1.165, 1.54) is 0 Å². The molecule has 0 radical (unpaired) electrons. The summed E-state index contributed by atoms with van der Waals surface area (Å²) in [5, 5.41) is 7.26. The molecule has 0 atom stereocenters. The molecule has 0 heterocycles. The Morgan fingerprint density at radius 3 is 1.13 bits per heavy atom. The van der Waals surface area contributed by atoms with Gasteiger partial charge < -0.3 is 8.85 Å². The quantitative estimate of drug-likeness (QED) is 0.222. The molecule has 0 aliphatic heterocycles. The Kier molecular flexibility index (Phi) is 12.4. The lowest BCUT2D eigenvalue weighted by Gasteiger charge is -2.40. The fraction of sp³-hybridized carbons (Fsp3) is 0.913. The Morgan fingerprint density at radius 2 is 0.871 bits per heavy atom. The molecule has 6 nitrogen and oxygen atoms in total. The number of carbonyl (C=O) groups is 2. The first-order valence-corrected chi connectivity index (χ1v) is 16.6. The van der Waals surface area contributed by atoms with Crippen molar-refractivity contribution < 1.29 is 18.4 Å². The number of carbonyl (C=O) groups excluding carboxylic acids is 2. The van der Waals surface area contributed by atoms with Gasteiger partial charge in [-0.3, -0.25) is 0 Å². The maximum atomic E-state index is 12.6. The van der Waals surface area contributed by atoms with Crippen molar-refractivity contribution in [2.45, 2.75) is 118 Å². The van der Waals surface area contributed by atoms with Crippen molar-refractivity contribution in [2.24, 2.45) is 28.0 Å². The van der Waals surface area contributed by atoms with Crippen LogP contribution in [0.2, 0.25) is 34.8 Å². The molecular weight excluding hydrogens is 424 g/mol. The molecule has 0 saturated carbocycles. The summed E-state index contributed by atoms with van der Waals surface area (Å²) in [6.07, 6.45) is -1.53. The molecular formula is C23H48N2O4Si2. The van der Waals surface area contributed by atoms with Crippen LogP contribution < -0.4 is 0 Å². The minimum absolute atomic E-state index is 0.238. The molecule has 8 heteroatoms. The first kappa shape index (κ1) is 30.0. The van der Waals surface area contributed by atoms with Gasteiger partial charge in [0.2, 0.25) is 0 Å². The zero-order valence-electron chi connectivity index (χ0n) is 22.1. The maximum absolute atomic E-state index is 12.6. The zero-order chi connectivity index (χ0) is 24.6. The molecule has 0 aromatic carbocycles. The van der Waals surface area contributed by atoms with E-state index in [1.807, 2.05) is 0 Å². The van der Waals surface area contributed by atoms with Crippen LogP contribution in [0.1, 0.15) is 83.1 Å². The van der Waals surface area contributed by atoms with Gasteiger partial charge in [0.05, 0.1) is 0 Å². The van der Waals surface area contributed by atoms with Crippen LogP contribution in [-0.4, -0.2) is 28.8 Å². The number of amides is 2. The maximum Gasteiger partial charge on any atom is 0.439 e. The largest absolute Gasteiger partial charge is 0.501 e. The molecule has 0 saturated heterocycles. The minimum Gasteiger partial charge on any atom is -0.501 e. The second-order valence-electron chi connectivity index (χ2n) is 11.2. The second kappa shape index (κ2) is 12.9. The summed E-state index contributed by atoms with van der Waals surface area (Å²) in [7, 11) is -4.79. The van der Waals surface area contributed by atoms with Gasteiger partial charge in [-0.05, 0) is 52.5 Å². The fourth-order valence-corrected chi connectivity index (χ4v) is 16.1. The summed E-state index contributed by atoms with van der Waals surface area (Å²) in [6, 6.07) is 2.66. The van der Waals surface area contributed by atoms with Crippen LogP contribution in [-0.2, 0) is 8.85 Å². The van der Waals surface area contributed by atoms with E-state index in [0.29, 0.717) is 17.8 Å². The highest BCUT2D eigenvalue weighted by atomic mass is 28.4. The third kappa shape index (κ3) is 9.55. The molecule has 0 spiro atoms. The van der Waals surface area contributed by atoms with Crippen molar-refractivity contribution in [3.05, 3.63) is 0 Å². The molecule has 0 unspecified atom stereocenters. The molecule has 182 valence electrons. The summed E-state index contributed by atoms with van der Waals surface area (Å²) in [6.45, 7) is 25.5. The van der Waals surface area contributed by atoms with E-state index in [0.717, 1.165) is 18.1 Å². The molecule has 0 aliphatic rings. The lowest BCUT2D eigenvalue weighted by molar-refractivity contribution is 0.194. The first-order valence-electron chi connectivity index (χ1n) is 12.0. The summed E-state index contributed by atoms with van der Waals surface area (Å²) in [5.74, 6) is 1.27. The van der Waals surface area contributed by atoms with Crippen LogP contribution in [0.5, 0.6) is 0 Å². The summed E-state index contributed by atoms with van der Waals surface area (Å²) < 4.78 is 12.0. The van der Waals surface area contributed by atoms with Crippen molar-refractivity contribution in [3.63, 3.8) is 0 Å². The van der Waals surface area contributed by atoms with E-state index < -0.39 is 28.8 Å². The average Bonchev–Trinajstić information content (AvgIpc) is 2.54. The molecule has 0 rings (SSSR count). The molecule has 0 bridgehead atoms. The topological polar surface area (TPSA) is 77.3 Å². The van der Waals surface area contributed by atoms with Crippen molar-refractivity contribution >= 4 is 28.8 Å². The lowest BCUT2D eigenvalue weighted by atomic mass is 10.2. The van der Waals surface area contributed by atoms with Gasteiger partial charge in [0.25, 0.3) is 16.6 Å². The van der Waals surface area contributed by atoms with Gasteiger partial charge in [0.1, 0.15) is 0 Å². The SMILES string of the molecule is CC(C)C[Si](CC(C)C)(CC(C)C)OC(=O)N=NC(=O)O[Si](C(C)C)(C(C)C)C(C)C. The van der Waals surface area contributed by atoms with Crippen molar-refractivity contribution in [3.8, 4) is 0 Å². The number of rotatable bonds is 11. The predicted octanol–water partition coefficient (Wildman–Crippen LogP) is 8.80. The lowest BCUT2D eigenvalue weighted by Crippen LogP contribution is -2.48. The van der Waals surface area contributed by atoms with Crippen LogP contribution in [0.3, 0.4) is 0 Å². The standard InChI is InChI=1S/C23H48N2O4Si2/c1-16(2)13-30(14-17(3)4,15-18(5)6)28-22(26)24-25-23(27)29-31(19(7)8,20(9)10)21(11)12/h16-21H,13-15H2,1-12H3.